The topological polar surface area (TPSA) is 87.4 Å². The lowest BCUT2D eigenvalue weighted by molar-refractivity contribution is 0.363. The molecule has 0 aliphatic carbocycles. The van der Waals surface area contributed by atoms with Crippen LogP contribution in [-0.4, -0.2) is 31.0 Å². The Balaban J connectivity index is 1.34. The van der Waals surface area contributed by atoms with E-state index in [4.69, 9.17) is 14.3 Å². The van der Waals surface area contributed by atoms with Crippen LogP contribution < -0.4 is 14.8 Å². The molecule has 7 aromatic rings. The van der Waals surface area contributed by atoms with E-state index in [9.17, 15) is 4.79 Å². The van der Waals surface area contributed by atoms with Crippen LogP contribution in [-0.2, 0) is 0 Å². The molecule has 9 heteroatoms. The Kier molecular flexibility index (Phi) is 6.28. The molecule has 8 nitrogen and oxygen atoms in total. The number of ether oxygens (including phenoxy) is 1. The van der Waals surface area contributed by atoms with Gasteiger partial charge in [-0.3, -0.25) is 4.79 Å². The number of hydrogen-bond donors (Lipinski definition) is 0. The van der Waals surface area contributed by atoms with Gasteiger partial charge in [-0.25, -0.2) is 4.68 Å². The average molecular weight is 572 g/mol. The van der Waals surface area contributed by atoms with E-state index in [0.29, 0.717) is 27.7 Å². The highest BCUT2D eigenvalue weighted by Gasteiger charge is 2.20. The van der Waals surface area contributed by atoms with Crippen molar-refractivity contribution < 1.29 is 9.15 Å². The maximum absolute atomic E-state index is 13.5. The first-order valence-corrected chi connectivity index (χ1v) is 14.2. The molecule has 0 spiro atoms. The average Bonchev–Trinajstić information content (AvgIpc) is 3.76. The second-order valence-corrected chi connectivity index (χ2v) is 10.9. The summed E-state index contributed by atoms with van der Waals surface area (Å²) in [6.45, 7) is 8.14. The first kappa shape index (κ1) is 25.7. The zero-order chi connectivity index (χ0) is 28.8. The van der Waals surface area contributed by atoms with Gasteiger partial charge in [-0.1, -0.05) is 60.4 Å². The molecule has 0 atom stereocenters. The van der Waals surface area contributed by atoms with Crippen molar-refractivity contribution in [3.8, 4) is 34.3 Å². The molecule has 0 aliphatic rings. The lowest BCUT2D eigenvalue weighted by Gasteiger charge is -2.08. The van der Waals surface area contributed by atoms with E-state index in [0.717, 1.165) is 50.4 Å². The fourth-order valence-corrected chi connectivity index (χ4v) is 5.92. The summed E-state index contributed by atoms with van der Waals surface area (Å²) < 4.78 is 15.4. The third-order valence-electron chi connectivity index (χ3n) is 7.10. The fourth-order valence-electron chi connectivity index (χ4n) is 5.02. The maximum Gasteiger partial charge on any atom is 0.291 e. The molecular formula is C33H25N5O3S. The van der Waals surface area contributed by atoms with Crippen molar-refractivity contribution in [2.45, 2.75) is 13.8 Å². The summed E-state index contributed by atoms with van der Waals surface area (Å²) in [5.41, 5.74) is 5.87. The monoisotopic (exact) mass is 571 g/mol. The normalized spacial score (nSPS) is 12.0. The van der Waals surface area contributed by atoms with E-state index in [1.807, 2.05) is 104 Å². The number of fused-ring (bicyclic) bond motifs is 2. The van der Waals surface area contributed by atoms with Gasteiger partial charge in [0.05, 0.1) is 10.2 Å². The van der Waals surface area contributed by atoms with Crippen LogP contribution in [0.3, 0.4) is 0 Å². The van der Waals surface area contributed by atoms with Crippen molar-refractivity contribution in [2.24, 2.45) is 0 Å². The van der Waals surface area contributed by atoms with E-state index in [2.05, 4.69) is 16.7 Å². The molecule has 4 heterocycles. The number of benzene rings is 3. The molecule has 206 valence electrons. The van der Waals surface area contributed by atoms with Crippen LogP contribution in [0.1, 0.15) is 16.7 Å². The largest absolute Gasteiger partial charge is 0.490 e. The summed E-state index contributed by atoms with van der Waals surface area (Å²) >= 11 is 1.28. The van der Waals surface area contributed by atoms with Gasteiger partial charge in [-0.2, -0.15) is 14.6 Å². The number of nitrogens with zero attached hydrogens (tertiary/aromatic N) is 5. The summed E-state index contributed by atoms with van der Waals surface area (Å²) in [7, 11) is 0. The zero-order valence-electron chi connectivity index (χ0n) is 22.9. The molecule has 7 rings (SSSR count). The van der Waals surface area contributed by atoms with Crippen LogP contribution in [0, 0.1) is 13.8 Å². The van der Waals surface area contributed by atoms with Crippen molar-refractivity contribution in [2.75, 3.05) is 6.61 Å². The lowest BCUT2D eigenvalue weighted by Crippen LogP contribution is -2.23. The number of rotatable bonds is 7. The van der Waals surface area contributed by atoms with Gasteiger partial charge in [0.1, 0.15) is 23.6 Å². The summed E-state index contributed by atoms with van der Waals surface area (Å²) in [4.78, 5) is 18.7. The molecular weight excluding hydrogens is 546 g/mol. The predicted molar refractivity (Wildman–Crippen MR) is 165 cm³/mol. The summed E-state index contributed by atoms with van der Waals surface area (Å²) in [5, 5.41) is 10.5. The fraction of sp³-hybridized carbons (Fsp3) is 0.0909. The first-order chi connectivity index (χ1) is 20.5. The number of hydrogen-bond acceptors (Lipinski definition) is 7. The van der Waals surface area contributed by atoms with Crippen LogP contribution >= 0.6 is 11.3 Å². The second kappa shape index (κ2) is 10.3. The van der Waals surface area contributed by atoms with Crippen LogP contribution in [0.5, 0.6) is 5.75 Å². The highest BCUT2D eigenvalue weighted by molar-refractivity contribution is 7.15. The Hall–Kier alpha value is -5.28. The maximum atomic E-state index is 13.5. The molecule has 4 aromatic heterocycles. The van der Waals surface area contributed by atoms with Gasteiger partial charge < -0.3 is 9.15 Å². The van der Waals surface area contributed by atoms with E-state index < -0.39 is 0 Å². The second-order valence-electron chi connectivity index (χ2n) is 9.89. The Morgan fingerprint density at radius 1 is 1.02 bits per heavy atom. The van der Waals surface area contributed by atoms with Crippen molar-refractivity contribution in [1.82, 2.24) is 24.4 Å². The molecule has 0 bridgehead atoms. The van der Waals surface area contributed by atoms with Gasteiger partial charge in [0.2, 0.25) is 10.8 Å². The van der Waals surface area contributed by atoms with Crippen LogP contribution in [0.15, 0.2) is 101 Å². The van der Waals surface area contributed by atoms with Gasteiger partial charge in [-0.15, -0.1) is 5.10 Å². The number of para-hydroxylation sites is 2. The zero-order valence-corrected chi connectivity index (χ0v) is 23.8. The van der Waals surface area contributed by atoms with Gasteiger partial charge in [-0.05, 0) is 61.9 Å². The first-order valence-electron chi connectivity index (χ1n) is 13.4. The summed E-state index contributed by atoms with van der Waals surface area (Å²) in [6, 6.07) is 23.6. The molecule has 0 N–H and O–H groups in total. The highest BCUT2D eigenvalue weighted by Crippen LogP contribution is 2.32. The molecule has 0 saturated heterocycles. The Morgan fingerprint density at radius 3 is 2.60 bits per heavy atom. The smallest absolute Gasteiger partial charge is 0.291 e. The molecule has 0 amide bonds. The number of furan rings is 1. The van der Waals surface area contributed by atoms with Crippen molar-refractivity contribution in [3.05, 3.63) is 123 Å². The van der Waals surface area contributed by atoms with Crippen molar-refractivity contribution >= 4 is 33.3 Å². The van der Waals surface area contributed by atoms with E-state index in [1.165, 1.54) is 15.9 Å². The van der Waals surface area contributed by atoms with E-state index in [-0.39, 0.29) is 5.56 Å². The Labute approximate surface area is 244 Å². The minimum atomic E-state index is -0.245. The third kappa shape index (κ3) is 4.40. The van der Waals surface area contributed by atoms with Crippen molar-refractivity contribution in [1.29, 1.82) is 0 Å². The van der Waals surface area contributed by atoms with Gasteiger partial charge in [0, 0.05) is 28.3 Å². The van der Waals surface area contributed by atoms with Crippen LogP contribution in [0.2, 0.25) is 0 Å². The number of aromatic nitrogens is 5. The highest BCUT2D eigenvalue weighted by atomic mass is 32.1. The van der Waals surface area contributed by atoms with Gasteiger partial charge >= 0.3 is 0 Å². The van der Waals surface area contributed by atoms with E-state index in [1.54, 1.807) is 6.08 Å². The van der Waals surface area contributed by atoms with Gasteiger partial charge in [0.15, 0.2) is 5.76 Å². The molecule has 0 radical (unpaired) electrons. The molecule has 0 fully saturated rings. The summed E-state index contributed by atoms with van der Waals surface area (Å²) in [5.74, 6) is 1.72. The number of aryl methyl sites for hydroxylation is 2. The Bertz CT molecular complexity index is 2220. The molecule has 42 heavy (non-hydrogen) atoms. The molecule has 3 aromatic carbocycles. The lowest BCUT2D eigenvalue weighted by atomic mass is 10.0. The minimum absolute atomic E-state index is 0.245. The quantitative estimate of drug-likeness (QED) is 0.214. The standard InChI is InChI=1S/C33H25N5O3S/c1-4-16-40-24-14-15-25(20(2)17-24)29-22(19-37(35-29)23-10-6-5-7-11-23)18-28-32(39)38-33(42-28)34-31(36-38)30-21(3)26-12-8-9-13-27(26)41-30/h4-15,17-19H,1,16H2,2-3H3/b28-18-. The van der Waals surface area contributed by atoms with E-state index >= 15 is 0 Å². The Morgan fingerprint density at radius 2 is 1.83 bits per heavy atom. The predicted octanol–water partition coefficient (Wildman–Crippen LogP) is 6.15. The molecule has 0 saturated carbocycles. The molecule has 0 aliphatic heterocycles. The number of thiazole rings is 1. The third-order valence-corrected chi connectivity index (χ3v) is 8.06. The molecule has 0 unspecified atom stereocenters. The summed E-state index contributed by atoms with van der Waals surface area (Å²) in [6.07, 6.45) is 5.51. The van der Waals surface area contributed by atoms with Crippen molar-refractivity contribution in [3.63, 3.8) is 0 Å². The van der Waals surface area contributed by atoms with Gasteiger partial charge in [0.25, 0.3) is 5.56 Å². The van der Waals surface area contributed by atoms with Crippen LogP contribution in [0.4, 0.5) is 0 Å². The minimum Gasteiger partial charge on any atom is -0.490 e. The SMILES string of the molecule is C=CCOc1ccc(-c2nn(-c3ccccc3)cc2/C=c2\sc3nc(-c4oc5ccccc5c4C)nn3c2=O)c(C)c1. The van der Waals surface area contributed by atoms with Crippen LogP contribution in [0.25, 0.3) is 50.5 Å².